The van der Waals surface area contributed by atoms with Crippen LogP contribution in [-0.4, -0.2) is 123 Å². The Morgan fingerprint density at radius 2 is 1.14 bits per heavy atom. The number of aryl methyl sites for hydroxylation is 2. The third-order valence-corrected chi connectivity index (χ3v) is 13.8. The molecule has 64 heavy (non-hydrogen) atoms. The van der Waals surface area contributed by atoms with Crippen LogP contribution in [0.4, 0.5) is 5.69 Å². The van der Waals surface area contributed by atoms with E-state index in [-0.39, 0.29) is 11.1 Å². The molecule has 0 spiro atoms. The fourth-order valence-electron chi connectivity index (χ4n) is 10.1. The van der Waals surface area contributed by atoms with Crippen LogP contribution < -0.4 is 25.5 Å². The first kappa shape index (κ1) is 43.7. The van der Waals surface area contributed by atoms with Crippen molar-refractivity contribution in [2.75, 3.05) is 78.6 Å². The lowest BCUT2D eigenvalue weighted by atomic mass is 9.86. The first-order chi connectivity index (χ1) is 31.2. The molecule has 6 aromatic rings. The number of nitrogens with zero attached hydrogens (tertiary/aromatic N) is 9. The van der Waals surface area contributed by atoms with E-state index in [9.17, 15) is 9.59 Å². The Labute approximate surface area is 373 Å². The molecular formula is C48H63N11O5. The second kappa shape index (κ2) is 19.3. The van der Waals surface area contributed by atoms with Gasteiger partial charge in [0, 0.05) is 83.5 Å². The maximum absolute atomic E-state index is 13.2. The molecule has 2 aliphatic carbocycles. The number of aromatic nitrogens is 8. The van der Waals surface area contributed by atoms with Crippen LogP contribution in [0, 0.1) is 0 Å². The molecule has 2 aromatic carbocycles. The summed E-state index contributed by atoms with van der Waals surface area (Å²) in [6.07, 6.45) is 11.7. The SMILES string of the molecule is COc1cc(CN2CCOCC2)ccc1-c1nc2c(c(C3CCCCC3)nn2C)c(=O)[nH]1.COc1cc(N2CCN(C)CC2)ccc1-c1nc2c(c(C3CCCCC3)nn2C)c(=O)[nH]1. The van der Waals surface area contributed by atoms with E-state index in [1.54, 1.807) is 23.6 Å². The van der Waals surface area contributed by atoms with Gasteiger partial charge in [-0.15, -0.1) is 0 Å². The van der Waals surface area contributed by atoms with Gasteiger partial charge in [0.2, 0.25) is 0 Å². The Balaban J connectivity index is 0.000000162. The van der Waals surface area contributed by atoms with Crippen LogP contribution in [0.1, 0.15) is 93.0 Å². The summed E-state index contributed by atoms with van der Waals surface area (Å²) in [5.41, 5.74) is 6.66. The number of likely N-dealkylation sites (N-methyl/N-ethyl adjacent to an activating group) is 1. The van der Waals surface area contributed by atoms with Gasteiger partial charge in [-0.05, 0) is 62.6 Å². The number of benzene rings is 2. The Morgan fingerprint density at radius 3 is 1.66 bits per heavy atom. The van der Waals surface area contributed by atoms with Crippen molar-refractivity contribution in [3.8, 4) is 34.3 Å². The lowest BCUT2D eigenvalue weighted by Crippen LogP contribution is -2.44. The minimum absolute atomic E-state index is 0.121. The molecule has 4 aromatic heterocycles. The summed E-state index contributed by atoms with van der Waals surface area (Å²) in [7, 11) is 9.21. The van der Waals surface area contributed by atoms with Crippen molar-refractivity contribution in [3.63, 3.8) is 0 Å². The van der Waals surface area contributed by atoms with E-state index in [4.69, 9.17) is 34.4 Å². The van der Waals surface area contributed by atoms with E-state index in [0.717, 1.165) is 118 Å². The molecule has 16 heteroatoms. The van der Waals surface area contributed by atoms with Crippen molar-refractivity contribution in [2.45, 2.75) is 82.6 Å². The maximum atomic E-state index is 13.2. The van der Waals surface area contributed by atoms with Gasteiger partial charge in [-0.1, -0.05) is 44.6 Å². The van der Waals surface area contributed by atoms with Crippen LogP contribution >= 0.6 is 0 Å². The zero-order chi connectivity index (χ0) is 44.3. The molecule has 4 fully saturated rings. The summed E-state index contributed by atoms with van der Waals surface area (Å²) >= 11 is 0. The molecule has 0 unspecified atom stereocenters. The monoisotopic (exact) mass is 874 g/mol. The number of hydrogen-bond donors (Lipinski definition) is 2. The molecular weight excluding hydrogens is 811 g/mol. The van der Waals surface area contributed by atoms with E-state index in [2.05, 4.69) is 43.8 Å². The fourth-order valence-corrected chi connectivity index (χ4v) is 10.1. The summed E-state index contributed by atoms with van der Waals surface area (Å²) in [5, 5.41) is 10.7. The molecule has 0 amide bonds. The van der Waals surface area contributed by atoms with Crippen molar-refractivity contribution in [2.24, 2.45) is 14.1 Å². The van der Waals surface area contributed by atoms with Crippen LogP contribution in [0.2, 0.25) is 0 Å². The van der Waals surface area contributed by atoms with Gasteiger partial charge in [-0.3, -0.25) is 14.5 Å². The normalized spacial score (nSPS) is 18.4. The van der Waals surface area contributed by atoms with Crippen LogP contribution in [0.15, 0.2) is 46.0 Å². The molecule has 2 saturated heterocycles. The van der Waals surface area contributed by atoms with Gasteiger partial charge in [0.1, 0.15) is 33.9 Å². The number of nitrogens with one attached hydrogen (secondary N) is 2. The topological polar surface area (TPSA) is 165 Å². The first-order valence-corrected chi connectivity index (χ1v) is 23.2. The molecule has 10 rings (SSSR count). The van der Waals surface area contributed by atoms with Gasteiger partial charge in [0.05, 0.1) is 49.9 Å². The summed E-state index contributed by atoms with van der Waals surface area (Å²) in [6, 6.07) is 12.2. The Bertz CT molecular complexity index is 2690. The number of ether oxygens (including phenoxy) is 3. The largest absolute Gasteiger partial charge is 0.496 e. The summed E-state index contributed by atoms with van der Waals surface area (Å²) in [6.45, 7) is 8.30. The first-order valence-electron chi connectivity index (χ1n) is 23.2. The van der Waals surface area contributed by atoms with E-state index in [1.807, 2.05) is 38.4 Å². The van der Waals surface area contributed by atoms with Gasteiger partial charge < -0.3 is 34.0 Å². The average Bonchev–Trinajstić information content (AvgIpc) is 3.86. The van der Waals surface area contributed by atoms with Gasteiger partial charge in [-0.2, -0.15) is 10.2 Å². The molecule has 2 aliphatic heterocycles. The predicted octanol–water partition coefficient (Wildman–Crippen LogP) is 6.34. The van der Waals surface area contributed by atoms with Crippen LogP contribution in [-0.2, 0) is 25.4 Å². The molecule has 6 heterocycles. The minimum atomic E-state index is -0.127. The number of anilines is 1. The average molecular weight is 874 g/mol. The van der Waals surface area contributed by atoms with Crippen LogP contribution in [0.3, 0.4) is 0 Å². The van der Waals surface area contributed by atoms with Crippen molar-refractivity contribution in [3.05, 3.63) is 74.1 Å². The van der Waals surface area contributed by atoms with Crippen molar-refractivity contribution < 1.29 is 14.2 Å². The highest BCUT2D eigenvalue weighted by molar-refractivity contribution is 5.82. The number of rotatable bonds is 9. The van der Waals surface area contributed by atoms with Crippen molar-refractivity contribution >= 4 is 27.8 Å². The predicted molar refractivity (Wildman–Crippen MR) is 250 cm³/mol. The quantitative estimate of drug-likeness (QED) is 0.166. The molecule has 2 saturated carbocycles. The van der Waals surface area contributed by atoms with Crippen LogP contribution in [0.25, 0.3) is 44.8 Å². The fraction of sp³-hybridized carbons (Fsp3) is 0.542. The zero-order valence-corrected chi connectivity index (χ0v) is 38.1. The molecule has 340 valence electrons. The second-order valence-corrected chi connectivity index (χ2v) is 18.0. The Hall–Kier alpha value is -5.58. The van der Waals surface area contributed by atoms with E-state index >= 15 is 0 Å². The highest BCUT2D eigenvalue weighted by atomic mass is 16.5. The van der Waals surface area contributed by atoms with Crippen molar-refractivity contribution in [1.82, 2.24) is 49.3 Å². The Morgan fingerprint density at radius 1 is 0.641 bits per heavy atom. The smallest absolute Gasteiger partial charge is 0.262 e. The van der Waals surface area contributed by atoms with E-state index < -0.39 is 0 Å². The van der Waals surface area contributed by atoms with Crippen LogP contribution in [0.5, 0.6) is 11.5 Å². The van der Waals surface area contributed by atoms with E-state index in [1.165, 1.54) is 38.5 Å². The molecule has 0 atom stereocenters. The molecule has 4 aliphatic rings. The zero-order valence-electron chi connectivity index (χ0n) is 38.1. The maximum Gasteiger partial charge on any atom is 0.262 e. The lowest BCUT2D eigenvalue weighted by molar-refractivity contribution is 0.0342. The second-order valence-electron chi connectivity index (χ2n) is 18.0. The number of fused-ring (bicyclic) bond motifs is 2. The highest BCUT2D eigenvalue weighted by Crippen LogP contribution is 2.38. The molecule has 16 nitrogen and oxygen atoms in total. The number of morpholine rings is 1. The molecule has 0 radical (unpaired) electrons. The van der Waals surface area contributed by atoms with Gasteiger partial charge >= 0.3 is 0 Å². The number of methoxy groups -OCH3 is 2. The lowest BCUT2D eigenvalue weighted by Gasteiger charge is -2.34. The Kier molecular flexibility index (Phi) is 13.1. The third kappa shape index (κ3) is 9.04. The number of piperazine rings is 1. The van der Waals surface area contributed by atoms with Gasteiger partial charge in [-0.25, -0.2) is 19.3 Å². The van der Waals surface area contributed by atoms with Gasteiger partial charge in [0.15, 0.2) is 11.3 Å². The molecule has 0 bridgehead atoms. The number of H-pyrrole nitrogens is 2. The molecule has 2 N–H and O–H groups in total. The summed E-state index contributed by atoms with van der Waals surface area (Å²) < 4.78 is 20.3. The van der Waals surface area contributed by atoms with Gasteiger partial charge in [0.25, 0.3) is 11.1 Å². The summed E-state index contributed by atoms with van der Waals surface area (Å²) in [4.78, 5) is 49.1. The van der Waals surface area contributed by atoms with Crippen molar-refractivity contribution in [1.29, 1.82) is 0 Å². The number of hydrogen-bond acceptors (Lipinski definition) is 12. The summed E-state index contributed by atoms with van der Waals surface area (Å²) in [5.74, 6) is 3.12. The third-order valence-electron chi connectivity index (χ3n) is 13.8. The highest BCUT2D eigenvalue weighted by Gasteiger charge is 2.27. The standard InChI is InChI=1S/C24H32N6O2.C24H31N5O3/c1-28-11-13-30(14-12-28)17-9-10-18(19(15-17)32-3)22-25-23-20(24(31)26-22)21(27-29(23)2)16-7-5-4-6-8-16;1-28-23-20(21(27-28)17-6-4-3-5-7-17)24(30)26-22(25-23)18-9-8-16(14-19(18)31-2)15-29-10-12-32-13-11-29/h9-10,15-16H,4-8,11-14H2,1-3H3,(H,25,26,31);8-9,14,17H,3-7,10-13,15H2,1-2H3,(H,25,26,30). The van der Waals surface area contributed by atoms with E-state index in [0.29, 0.717) is 57.1 Å². The number of aromatic amines is 2. The minimum Gasteiger partial charge on any atom is -0.496 e.